The van der Waals surface area contributed by atoms with Crippen molar-refractivity contribution in [3.8, 4) is 11.3 Å². The Labute approximate surface area is 125 Å². The number of sulfonamides is 1. The van der Waals surface area contributed by atoms with Gasteiger partial charge >= 0.3 is 0 Å². The van der Waals surface area contributed by atoms with Gasteiger partial charge in [-0.3, -0.25) is 4.98 Å². The summed E-state index contributed by atoms with van der Waals surface area (Å²) in [6, 6.07) is 10.0. The third-order valence-electron chi connectivity index (χ3n) is 2.72. The number of hydrogen-bond acceptors (Lipinski definition) is 4. The smallest absolute Gasteiger partial charge is 0.241 e. The Morgan fingerprint density at radius 1 is 1.14 bits per heavy atom. The lowest BCUT2D eigenvalue weighted by Gasteiger charge is -2.20. The Bertz CT molecular complexity index is 735. The van der Waals surface area contributed by atoms with Crippen LogP contribution in [-0.4, -0.2) is 18.9 Å². The molecule has 5 nitrogen and oxygen atoms in total. The second-order valence-electron chi connectivity index (χ2n) is 5.82. The second-order valence-corrected chi connectivity index (χ2v) is 7.50. The van der Waals surface area contributed by atoms with Gasteiger partial charge in [-0.25, -0.2) is 13.1 Å². The zero-order chi connectivity index (χ0) is 15.7. The van der Waals surface area contributed by atoms with Gasteiger partial charge in [-0.05, 0) is 51.1 Å². The first-order valence-corrected chi connectivity index (χ1v) is 8.02. The molecule has 0 fully saturated rings. The molecule has 21 heavy (non-hydrogen) atoms. The van der Waals surface area contributed by atoms with Crippen molar-refractivity contribution < 1.29 is 8.42 Å². The van der Waals surface area contributed by atoms with Crippen molar-refractivity contribution in [1.82, 2.24) is 9.71 Å². The molecule has 0 spiro atoms. The molecule has 0 aliphatic rings. The molecular formula is C15H19N3O2S. The fourth-order valence-electron chi connectivity index (χ4n) is 1.91. The minimum Gasteiger partial charge on any atom is -0.398 e. The number of nitrogen functional groups attached to an aromatic ring is 1. The van der Waals surface area contributed by atoms with E-state index in [1.54, 1.807) is 51.2 Å². The van der Waals surface area contributed by atoms with Gasteiger partial charge < -0.3 is 5.73 Å². The van der Waals surface area contributed by atoms with E-state index in [9.17, 15) is 8.42 Å². The van der Waals surface area contributed by atoms with Crippen molar-refractivity contribution in [2.24, 2.45) is 0 Å². The standard InChI is InChI=1S/C15H19N3O2S/c1-15(2,3)18-21(19,20)11-7-8-13(16)12(10-11)14-6-4-5-9-17-14/h4-10,18H,16H2,1-3H3. The summed E-state index contributed by atoms with van der Waals surface area (Å²) in [6.45, 7) is 5.38. The van der Waals surface area contributed by atoms with Crippen LogP contribution in [0.25, 0.3) is 11.3 Å². The number of nitrogens with zero attached hydrogens (tertiary/aromatic N) is 1. The van der Waals surface area contributed by atoms with Gasteiger partial charge in [0.15, 0.2) is 0 Å². The maximum Gasteiger partial charge on any atom is 0.241 e. The number of aromatic nitrogens is 1. The predicted octanol–water partition coefficient (Wildman–Crippen LogP) is 2.41. The normalized spacial score (nSPS) is 12.3. The average molecular weight is 305 g/mol. The number of benzene rings is 1. The van der Waals surface area contributed by atoms with Crippen molar-refractivity contribution in [3.63, 3.8) is 0 Å². The molecule has 0 saturated carbocycles. The number of pyridine rings is 1. The van der Waals surface area contributed by atoms with Gasteiger partial charge in [0.2, 0.25) is 10.0 Å². The third kappa shape index (κ3) is 3.80. The molecule has 0 atom stereocenters. The molecule has 1 aromatic carbocycles. The van der Waals surface area contributed by atoms with Crippen LogP contribution in [0.5, 0.6) is 0 Å². The molecule has 0 radical (unpaired) electrons. The topological polar surface area (TPSA) is 85.1 Å². The molecule has 2 rings (SSSR count). The van der Waals surface area contributed by atoms with Gasteiger partial charge in [-0.1, -0.05) is 6.07 Å². The summed E-state index contributed by atoms with van der Waals surface area (Å²) in [5.74, 6) is 0. The minimum atomic E-state index is -3.60. The largest absolute Gasteiger partial charge is 0.398 e. The maximum atomic E-state index is 12.4. The highest BCUT2D eigenvalue weighted by atomic mass is 32.2. The lowest BCUT2D eigenvalue weighted by Crippen LogP contribution is -2.40. The van der Waals surface area contributed by atoms with Crippen LogP contribution in [0.4, 0.5) is 5.69 Å². The van der Waals surface area contributed by atoms with Crippen molar-refractivity contribution >= 4 is 15.7 Å². The van der Waals surface area contributed by atoms with E-state index < -0.39 is 15.6 Å². The predicted molar refractivity (Wildman–Crippen MR) is 84.2 cm³/mol. The van der Waals surface area contributed by atoms with Gasteiger partial charge in [-0.2, -0.15) is 0 Å². The quantitative estimate of drug-likeness (QED) is 0.853. The minimum absolute atomic E-state index is 0.173. The van der Waals surface area contributed by atoms with Crippen LogP contribution in [0, 0.1) is 0 Å². The SMILES string of the molecule is CC(C)(C)NS(=O)(=O)c1ccc(N)c(-c2ccccn2)c1. The molecule has 3 N–H and O–H groups in total. The first kappa shape index (κ1) is 15.5. The van der Waals surface area contributed by atoms with E-state index in [4.69, 9.17) is 5.73 Å². The summed E-state index contributed by atoms with van der Waals surface area (Å²) in [6.07, 6.45) is 1.64. The molecule has 0 saturated heterocycles. The maximum absolute atomic E-state index is 12.4. The zero-order valence-electron chi connectivity index (χ0n) is 12.3. The number of nitrogens with two attached hydrogens (primary N) is 1. The van der Waals surface area contributed by atoms with E-state index in [-0.39, 0.29) is 4.90 Å². The van der Waals surface area contributed by atoms with E-state index >= 15 is 0 Å². The Kier molecular flexibility index (Phi) is 4.02. The molecule has 0 aliphatic heterocycles. The van der Waals surface area contributed by atoms with E-state index in [0.29, 0.717) is 16.9 Å². The van der Waals surface area contributed by atoms with Crippen LogP contribution in [-0.2, 0) is 10.0 Å². The summed E-state index contributed by atoms with van der Waals surface area (Å²) in [7, 11) is -3.60. The average Bonchev–Trinajstić information content (AvgIpc) is 2.37. The molecule has 0 bridgehead atoms. The summed E-state index contributed by atoms with van der Waals surface area (Å²) in [4.78, 5) is 4.39. The monoisotopic (exact) mass is 305 g/mol. The molecule has 1 heterocycles. The molecule has 1 aromatic heterocycles. The van der Waals surface area contributed by atoms with Crippen LogP contribution in [0.15, 0.2) is 47.5 Å². The molecule has 0 unspecified atom stereocenters. The number of hydrogen-bond donors (Lipinski definition) is 2. The van der Waals surface area contributed by atoms with Crippen molar-refractivity contribution in [2.75, 3.05) is 5.73 Å². The van der Waals surface area contributed by atoms with Gasteiger partial charge in [0, 0.05) is 23.0 Å². The van der Waals surface area contributed by atoms with Gasteiger partial charge in [0.05, 0.1) is 10.6 Å². The fraction of sp³-hybridized carbons (Fsp3) is 0.267. The molecule has 6 heteroatoms. The summed E-state index contributed by atoms with van der Waals surface area (Å²) < 4.78 is 27.4. The second kappa shape index (κ2) is 5.46. The van der Waals surface area contributed by atoms with Crippen LogP contribution in [0.3, 0.4) is 0 Å². The molecule has 0 aliphatic carbocycles. The molecule has 2 aromatic rings. The van der Waals surface area contributed by atoms with Crippen LogP contribution in [0.2, 0.25) is 0 Å². The van der Waals surface area contributed by atoms with Gasteiger partial charge in [-0.15, -0.1) is 0 Å². The van der Waals surface area contributed by atoms with Gasteiger partial charge in [0.25, 0.3) is 0 Å². The molecule has 112 valence electrons. The Morgan fingerprint density at radius 3 is 2.43 bits per heavy atom. The van der Waals surface area contributed by atoms with Crippen LogP contribution >= 0.6 is 0 Å². The Hall–Kier alpha value is -1.92. The highest BCUT2D eigenvalue weighted by Crippen LogP contribution is 2.27. The lowest BCUT2D eigenvalue weighted by atomic mass is 10.1. The number of rotatable bonds is 3. The van der Waals surface area contributed by atoms with Crippen molar-refractivity contribution in [3.05, 3.63) is 42.6 Å². The Morgan fingerprint density at radius 2 is 1.86 bits per heavy atom. The summed E-state index contributed by atoms with van der Waals surface area (Å²) in [5, 5.41) is 0. The number of nitrogens with one attached hydrogen (secondary N) is 1. The van der Waals surface area contributed by atoms with Crippen LogP contribution < -0.4 is 10.5 Å². The zero-order valence-corrected chi connectivity index (χ0v) is 13.1. The van der Waals surface area contributed by atoms with E-state index in [2.05, 4.69) is 9.71 Å². The summed E-state index contributed by atoms with van der Waals surface area (Å²) >= 11 is 0. The van der Waals surface area contributed by atoms with E-state index in [1.807, 2.05) is 6.07 Å². The molecule has 0 amide bonds. The highest BCUT2D eigenvalue weighted by Gasteiger charge is 2.22. The fourth-order valence-corrected chi connectivity index (χ4v) is 3.35. The van der Waals surface area contributed by atoms with Gasteiger partial charge in [0.1, 0.15) is 0 Å². The van der Waals surface area contributed by atoms with Crippen LogP contribution in [0.1, 0.15) is 20.8 Å². The van der Waals surface area contributed by atoms with E-state index in [0.717, 1.165) is 0 Å². The van der Waals surface area contributed by atoms with Crippen molar-refractivity contribution in [2.45, 2.75) is 31.2 Å². The first-order valence-electron chi connectivity index (χ1n) is 6.54. The number of anilines is 1. The summed E-state index contributed by atoms with van der Waals surface area (Å²) in [5.41, 5.74) is 7.12. The first-order chi connectivity index (χ1) is 9.69. The molecular weight excluding hydrogens is 286 g/mol. The van der Waals surface area contributed by atoms with E-state index in [1.165, 1.54) is 6.07 Å². The Balaban J connectivity index is 2.49. The highest BCUT2D eigenvalue weighted by molar-refractivity contribution is 7.89. The third-order valence-corrected chi connectivity index (χ3v) is 4.47. The lowest BCUT2D eigenvalue weighted by molar-refractivity contribution is 0.491. The van der Waals surface area contributed by atoms with Crippen molar-refractivity contribution in [1.29, 1.82) is 0 Å².